The number of anilines is 1. The fourth-order valence-electron chi connectivity index (χ4n) is 1.29. The molecular weight excluding hydrogens is 249 g/mol. The normalized spacial score (nSPS) is 10.4. The second-order valence-electron chi connectivity index (χ2n) is 3.08. The monoisotopic (exact) mass is 255 g/mol. The molecule has 0 aliphatic heterocycles. The minimum Gasteiger partial charge on any atom is -0.506 e. The van der Waals surface area contributed by atoms with Crippen LogP contribution in [0, 0.1) is 0 Å². The van der Waals surface area contributed by atoms with E-state index in [4.69, 9.17) is 28.9 Å². The van der Waals surface area contributed by atoms with E-state index in [9.17, 15) is 5.11 Å². The van der Waals surface area contributed by atoms with Gasteiger partial charge >= 0.3 is 0 Å². The van der Waals surface area contributed by atoms with E-state index in [2.05, 4.69) is 9.97 Å². The number of nitrogens with two attached hydrogens (primary N) is 1. The first kappa shape index (κ1) is 11.0. The molecule has 0 fully saturated rings. The quantitative estimate of drug-likeness (QED) is 0.822. The Balaban J connectivity index is 2.64. The van der Waals surface area contributed by atoms with Gasteiger partial charge in [0.25, 0.3) is 0 Å². The lowest BCUT2D eigenvalue weighted by atomic mass is 10.1. The molecule has 4 nitrogen and oxygen atoms in total. The van der Waals surface area contributed by atoms with Gasteiger partial charge in [0.15, 0.2) is 0 Å². The Kier molecular flexibility index (Phi) is 2.85. The largest absolute Gasteiger partial charge is 0.506 e. The SMILES string of the molecule is Nc1nccc(-c2cc(Cl)cc(Cl)c2O)n1. The summed E-state index contributed by atoms with van der Waals surface area (Å²) in [6.07, 6.45) is 1.49. The van der Waals surface area contributed by atoms with E-state index in [0.717, 1.165) is 0 Å². The minimum atomic E-state index is -0.0795. The number of aromatic hydroxyl groups is 1. The number of phenolic OH excluding ortho intramolecular Hbond substituents is 1. The predicted octanol–water partition coefficient (Wildman–Crippen LogP) is 2.74. The first-order chi connectivity index (χ1) is 7.58. The van der Waals surface area contributed by atoms with Crippen LogP contribution in [0.4, 0.5) is 5.95 Å². The summed E-state index contributed by atoms with van der Waals surface area (Å²) >= 11 is 11.6. The highest BCUT2D eigenvalue weighted by Crippen LogP contribution is 2.36. The smallest absolute Gasteiger partial charge is 0.220 e. The Morgan fingerprint density at radius 2 is 2.00 bits per heavy atom. The molecule has 0 saturated carbocycles. The molecule has 1 heterocycles. The van der Waals surface area contributed by atoms with Gasteiger partial charge in [-0.05, 0) is 18.2 Å². The number of hydrogen-bond acceptors (Lipinski definition) is 4. The van der Waals surface area contributed by atoms with Crippen molar-refractivity contribution in [2.45, 2.75) is 0 Å². The molecule has 3 N–H and O–H groups in total. The minimum absolute atomic E-state index is 0.0795. The fraction of sp³-hybridized carbons (Fsp3) is 0. The van der Waals surface area contributed by atoms with Crippen LogP contribution >= 0.6 is 23.2 Å². The maximum absolute atomic E-state index is 9.77. The topological polar surface area (TPSA) is 72.0 Å². The zero-order valence-electron chi connectivity index (χ0n) is 7.98. The van der Waals surface area contributed by atoms with Crippen LogP contribution in [-0.4, -0.2) is 15.1 Å². The third kappa shape index (κ3) is 2.03. The lowest BCUT2D eigenvalue weighted by Crippen LogP contribution is -1.95. The molecule has 0 unspecified atom stereocenters. The lowest BCUT2D eigenvalue weighted by molar-refractivity contribution is 0.477. The molecule has 1 aromatic carbocycles. The van der Waals surface area contributed by atoms with Gasteiger partial charge in [0.05, 0.1) is 10.7 Å². The van der Waals surface area contributed by atoms with Crippen molar-refractivity contribution >= 4 is 29.2 Å². The summed E-state index contributed by atoms with van der Waals surface area (Å²) < 4.78 is 0. The first-order valence-corrected chi connectivity index (χ1v) is 5.10. The number of aromatic nitrogens is 2. The number of halogens is 2. The summed E-state index contributed by atoms with van der Waals surface area (Å²) in [5.74, 6) is 0.0390. The van der Waals surface area contributed by atoms with Crippen LogP contribution in [0.2, 0.25) is 10.0 Å². The Morgan fingerprint density at radius 1 is 1.25 bits per heavy atom. The van der Waals surface area contributed by atoms with Crippen LogP contribution < -0.4 is 5.73 Å². The summed E-state index contributed by atoms with van der Waals surface area (Å²) in [6.45, 7) is 0. The molecule has 0 saturated heterocycles. The highest BCUT2D eigenvalue weighted by molar-refractivity contribution is 6.36. The molecule has 0 spiro atoms. The Bertz CT molecular complexity index is 546. The van der Waals surface area contributed by atoms with Crippen molar-refractivity contribution < 1.29 is 5.11 Å². The van der Waals surface area contributed by atoms with Crippen molar-refractivity contribution in [3.8, 4) is 17.0 Å². The summed E-state index contributed by atoms with van der Waals surface area (Å²) in [5.41, 5.74) is 6.34. The van der Waals surface area contributed by atoms with E-state index in [0.29, 0.717) is 16.3 Å². The molecule has 82 valence electrons. The average molecular weight is 256 g/mol. The molecule has 0 bridgehead atoms. The second-order valence-corrected chi connectivity index (χ2v) is 3.93. The molecule has 2 rings (SSSR count). The van der Waals surface area contributed by atoms with Gasteiger partial charge in [0.2, 0.25) is 5.95 Å². The van der Waals surface area contributed by atoms with Crippen LogP contribution in [0.5, 0.6) is 5.75 Å². The molecule has 0 aliphatic rings. The molecule has 16 heavy (non-hydrogen) atoms. The van der Waals surface area contributed by atoms with Crippen molar-refractivity contribution in [1.29, 1.82) is 0 Å². The van der Waals surface area contributed by atoms with Gasteiger partial charge in [-0.1, -0.05) is 23.2 Å². The highest BCUT2D eigenvalue weighted by atomic mass is 35.5. The molecule has 2 aromatic rings. The highest BCUT2D eigenvalue weighted by Gasteiger charge is 2.11. The van der Waals surface area contributed by atoms with Gasteiger partial charge in [0.1, 0.15) is 5.75 Å². The van der Waals surface area contributed by atoms with E-state index in [-0.39, 0.29) is 16.7 Å². The fourth-order valence-corrected chi connectivity index (χ4v) is 1.78. The third-order valence-electron chi connectivity index (χ3n) is 1.98. The van der Waals surface area contributed by atoms with Crippen molar-refractivity contribution in [3.63, 3.8) is 0 Å². The number of phenols is 1. The summed E-state index contributed by atoms with van der Waals surface area (Å²) in [5, 5.41) is 10.4. The van der Waals surface area contributed by atoms with Gasteiger partial charge in [-0.3, -0.25) is 0 Å². The van der Waals surface area contributed by atoms with E-state index in [1.165, 1.54) is 12.3 Å². The van der Waals surface area contributed by atoms with Crippen LogP contribution in [-0.2, 0) is 0 Å². The average Bonchev–Trinajstić information content (AvgIpc) is 2.23. The van der Waals surface area contributed by atoms with Crippen LogP contribution in [0.3, 0.4) is 0 Å². The zero-order chi connectivity index (χ0) is 11.7. The Hall–Kier alpha value is -1.52. The van der Waals surface area contributed by atoms with E-state index in [1.54, 1.807) is 12.1 Å². The Morgan fingerprint density at radius 3 is 2.69 bits per heavy atom. The molecule has 0 aliphatic carbocycles. The number of benzene rings is 1. The van der Waals surface area contributed by atoms with Crippen molar-refractivity contribution in [1.82, 2.24) is 9.97 Å². The van der Waals surface area contributed by atoms with E-state index in [1.807, 2.05) is 0 Å². The van der Waals surface area contributed by atoms with Crippen LogP contribution in [0.1, 0.15) is 0 Å². The second kappa shape index (κ2) is 4.15. The molecule has 0 atom stereocenters. The summed E-state index contributed by atoms with van der Waals surface area (Å²) in [6, 6.07) is 4.62. The van der Waals surface area contributed by atoms with Crippen molar-refractivity contribution in [2.75, 3.05) is 5.73 Å². The summed E-state index contributed by atoms with van der Waals surface area (Å²) in [4.78, 5) is 7.73. The Labute approximate surface area is 102 Å². The maximum atomic E-state index is 9.77. The molecule has 6 heteroatoms. The molecular formula is C10H7Cl2N3O. The predicted molar refractivity (Wildman–Crippen MR) is 63.6 cm³/mol. The summed E-state index contributed by atoms with van der Waals surface area (Å²) in [7, 11) is 0. The zero-order valence-corrected chi connectivity index (χ0v) is 9.50. The molecule has 0 radical (unpaired) electrons. The number of hydrogen-bond donors (Lipinski definition) is 2. The van der Waals surface area contributed by atoms with Gasteiger partial charge in [-0.2, -0.15) is 0 Å². The van der Waals surface area contributed by atoms with Crippen molar-refractivity contribution in [3.05, 3.63) is 34.4 Å². The van der Waals surface area contributed by atoms with Gasteiger partial charge in [0, 0.05) is 16.8 Å². The third-order valence-corrected chi connectivity index (χ3v) is 2.48. The first-order valence-electron chi connectivity index (χ1n) is 4.35. The van der Waals surface area contributed by atoms with E-state index < -0.39 is 0 Å². The lowest BCUT2D eigenvalue weighted by Gasteiger charge is -2.06. The van der Waals surface area contributed by atoms with Gasteiger partial charge < -0.3 is 10.8 Å². The maximum Gasteiger partial charge on any atom is 0.220 e. The number of rotatable bonds is 1. The molecule has 1 aromatic heterocycles. The van der Waals surface area contributed by atoms with Gasteiger partial charge in [-0.25, -0.2) is 9.97 Å². The van der Waals surface area contributed by atoms with Crippen LogP contribution in [0.25, 0.3) is 11.3 Å². The van der Waals surface area contributed by atoms with Crippen molar-refractivity contribution in [2.24, 2.45) is 0 Å². The van der Waals surface area contributed by atoms with E-state index >= 15 is 0 Å². The van der Waals surface area contributed by atoms with Gasteiger partial charge in [-0.15, -0.1) is 0 Å². The number of nitrogen functional groups attached to an aromatic ring is 1. The number of nitrogens with zero attached hydrogens (tertiary/aromatic N) is 2. The molecule has 0 amide bonds. The standard InChI is InChI=1S/C10H7Cl2N3O/c11-5-3-6(9(16)7(12)4-5)8-1-2-14-10(13)15-8/h1-4,16H,(H2,13,14,15). The van der Waals surface area contributed by atoms with Crippen LogP contribution in [0.15, 0.2) is 24.4 Å².